The molecule has 0 aromatic heterocycles. The van der Waals surface area contributed by atoms with Gasteiger partial charge < -0.3 is 0 Å². The summed E-state index contributed by atoms with van der Waals surface area (Å²) in [6.07, 6.45) is 0.995. The fourth-order valence-electron chi connectivity index (χ4n) is 0.926. The molecule has 0 saturated carbocycles. The maximum Gasteiger partial charge on any atom is 0.280 e. The number of rotatable bonds is 4. The van der Waals surface area contributed by atoms with Crippen molar-refractivity contribution in [2.75, 3.05) is 6.26 Å². The minimum atomic E-state index is -3.41. The lowest BCUT2D eigenvalue weighted by molar-refractivity contribution is 0.201. The first-order valence-corrected chi connectivity index (χ1v) is 5.96. The van der Waals surface area contributed by atoms with Gasteiger partial charge in [0.15, 0.2) is 0 Å². The van der Waals surface area contributed by atoms with E-state index in [2.05, 4.69) is 9.76 Å². The highest BCUT2D eigenvalue weighted by molar-refractivity contribution is 7.85. The molecule has 0 amide bonds. The topological polar surface area (TPSA) is 55.4 Å². The Kier molecular flexibility index (Phi) is 3.62. The Hall–Kier alpha value is -0.910. The highest BCUT2D eigenvalue weighted by Gasteiger charge is 2.00. The Balaban J connectivity index is 2.43. The third-order valence-electron chi connectivity index (χ3n) is 1.61. The molecule has 14 heavy (non-hydrogen) atoms. The zero-order chi connectivity index (χ0) is 10.6. The molecule has 0 aliphatic heterocycles. The molecule has 78 valence electrons. The van der Waals surface area contributed by atoms with E-state index in [-0.39, 0.29) is 0 Å². The molecule has 0 fully saturated rings. The van der Waals surface area contributed by atoms with Gasteiger partial charge in [-0.25, -0.2) is 0 Å². The maximum atomic E-state index is 10.6. The van der Waals surface area contributed by atoms with Crippen LogP contribution in [0.25, 0.3) is 0 Å². The van der Waals surface area contributed by atoms with Gasteiger partial charge in [-0.1, -0.05) is 29.8 Å². The van der Waals surface area contributed by atoms with Crippen LogP contribution in [0.5, 0.6) is 0 Å². The molecule has 0 unspecified atom stereocenters. The normalized spacial score (nSPS) is 11.6. The average Bonchev–Trinajstić information content (AvgIpc) is 2.06. The minimum absolute atomic E-state index is 0.368. The van der Waals surface area contributed by atoms with Crippen LogP contribution in [0, 0.1) is 6.92 Å². The third kappa shape index (κ3) is 4.36. The Morgan fingerprint density at radius 3 is 2.36 bits per heavy atom. The van der Waals surface area contributed by atoms with Crippen molar-refractivity contribution in [2.24, 2.45) is 0 Å². The molecular weight excluding hydrogens is 202 g/mol. The molecule has 0 saturated heterocycles. The van der Waals surface area contributed by atoms with Gasteiger partial charge in [-0.15, -0.1) is 0 Å². The van der Waals surface area contributed by atoms with Crippen LogP contribution in [0.15, 0.2) is 24.3 Å². The van der Waals surface area contributed by atoms with Gasteiger partial charge in [-0.3, -0.25) is 0 Å². The molecule has 0 atom stereocenters. The second kappa shape index (κ2) is 4.54. The quantitative estimate of drug-likeness (QED) is 0.760. The molecule has 0 spiro atoms. The van der Waals surface area contributed by atoms with Crippen LogP contribution in [0.4, 0.5) is 0 Å². The van der Waals surface area contributed by atoms with E-state index in [1.807, 2.05) is 31.2 Å². The van der Waals surface area contributed by atoms with Crippen molar-refractivity contribution in [3.05, 3.63) is 35.4 Å². The molecule has 5 heteroatoms. The van der Waals surface area contributed by atoms with Crippen molar-refractivity contribution in [1.82, 2.24) is 5.48 Å². The predicted octanol–water partition coefficient (Wildman–Crippen LogP) is 0.976. The van der Waals surface area contributed by atoms with Crippen molar-refractivity contribution in [1.29, 1.82) is 0 Å². The summed E-state index contributed by atoms with van der Waals surface area (Å²) < 4.78 is 25.6. The van der Waals surface area contributed by atoms with Gasteiger partial charge >= 0.3 is 0 Å². The van der Waals surface area contributed by atoms with E-state index in [0.717, 1.165) is 17.4 Å². The van der Waals surface area contributed by atoms with Crippen LogP contribution in [0.3, 0.4) is 0 Å². The molecule has 0 radical (unpaired) electrons. The Labute approximate surface area is 84.0 Å². The van der Waals surface area contributed by atoms with E-state index in [0.29, 0.717) is 6.54 Å². The molecular formula is C9H13NO3S. The summed E-state index contributed by atoms with van der Waals surface area (Å²) in [4.78, 5) is 0. The summed E-state index contributed by atoms with van der Waals surface area (Å²) in [5.41, 5.74) is 4.51. The van der Waals surface area contributed by atoms with Gasteiger partial charge in [0.1, 0.15) is 0 Å². The van der Waals surface area contributed by atoms with Crippen molar-refractivity contribution in [2.45, 2.75) is 13.5 Å². The van der Waals surface area contributed by atoms with Gasteiger partial charge in [-0.2, -0.15) is 18.2 Å². The monoisotopic (exact) mass is 215 g/mol. The SMILES string of the molecule is Cc1ccc(CNOS(C)(=O)=O)cc1. The summed E-state index contributed by atoms with van der Waals surface area (Å²) in [6.45, 7) is 2.36. The lowest BCUT2D eigenvalue weighted by Crippen LogP contribution is -2.18. The van der Waals surface area contributed by atoms with Gasteiger partial charge in [-0.05, 0) is 12.5 Å². The Morgan fingerprint density at radius 2 is 1.86 bits per heavy atom. The highest BCUT2D eigenvalue weighted by Crippen LogP contribution is 2.02. The van der Waals surface area contributed by atoms with Crippen molar-refractivity contribution >= 4 is 10.1 Å². The number of benzene rings is 1. The highest BCUT2D eigenvalue weighted by atomic mass is 32.2. The number of aryl methyl sites for hydroxylation is 1. The smallest absolute Gasteiger partial charge is 0.198 e. The molecule has 0 aliphatic carbocycles. The summed E-state index contributed by atoms with van der Waals surface area (Å²) in [5, 5.41) is 0. The first kappa shape index (κ1) is 11.2. The molecule has 1 rings (SSSR count). The summed E-state index contributed by atoms with van der Waals surface area (Å²) in [5.74, 6) is 0. The predicted molar refractivity (Wildman–Crippen MR) is 53.9 cm³/mol. The van der Waals surface area contributed by atoms with Gasteiger partial charge in [0.25, 0.3) is 10.1 Å². The van der Waals surface area contributed by atoms with Crippen LogP contribution in [0.2, 0.25) is 0 Å². The first-order valence-electron chi connectivity index (χ1n) is 4.14. The van der Waals surface area contributed by atoms with E-state index in [9.17, 15) is 8.42 Å². The summed E-state index contributed by atoms with van der Waals surface area (Å²) in [6, 6.07) is 7.73. The Morgan fingerprint density at radius 1 is 1.29 bits per heavy atom. The van der Waals surface area contributed by atoms with E-state index in [1.54, 1.807) is 0 Å². The van der Waals surface area contributed by atoms with Gasteiger partial charge in [0.2, 0.25) is 0 Å². The fourth-order valence-corrected chi connectivity index (χ4v) is 1.20. The zero-order valence-electron chi connectivity index (χ0n) is 8.15. The fraction of sp³-hybridized carbons (Fsp3) is 0.333. The standard InChI is InChI=1S/C9H13NO3S/c1-8-3-5-9(6-4-8)7-10-13-14(2,11)12/h3-6,10H,7H2,1-2H3. The van der Waals surface area contributed by atoms with Crippen molar-refractivity contribution < 1.29 is 12.7 Å². The van der Waals surface area contributed by atoms with Crippen LogP contribution >= 0.6 is 0 Å². The number of hydroxylamine groups is 1. The van der Waals surface area contributed by atoms with Crippen molar-refractivity contribution in [3.63, 3.8) is 0 Å². The summed E-state index contributed by atoms with van der Waals surface area (Å²) >= 11 is 0. The molecule has 4 nitrogen and oxygen atoms in total. The van der Waals surface area contributed by atoms with Crippen LogP contribution < -0.4 is 5.48 Å². The number of hydrogen-bond donors (Lipinski definition) is 1. The molecule has 0 aliphatic rings. The lowest BCUT2D eigenvalue weighted by atomic mass is 10.2. The zero-order valence-corrected chi connectivity index (χ0v) is 8.97. The molecule has 1 N–H and O–H groups in total. The van der Waals surface area contributed by atoms with Crippen LogP contribution in [0.1, 0.15) is 11.1 Å². The minimum Gasteiger partial charge on any atom is -0.198 e. The molecule has 1 aromatic rings. The number of hydrogen-bond acceptors (Lipinski definition) is 4. The summed E-state index contributed by atoms with van der Waals surface area (Å²) in [7, 11) is -3.41. The second-order valence-electron chi connectivity index (χ2n) is 3.09. The second-order valence-corrected chi connectivity index (χ2v) is 4.67. The molecule has 1 aromatic carbocycles. The lowest BCUT2D eigenvalue weighted by Gasteiger charge is -2.03. The van der Waals surface area contributed by atoms with Gasteiger partial charge in [0.05, 0.1) is 6.26 Å². The van der Waals surface area contributed by atoms with E-state index >= 15 is 0 Å². The molecule has 0 bridgehead atoms. The largest absolute Gasteiger partial charge is 0.280 e. The Bertz CT molecular complexity index is 383. The third-order valence-corrected chi connectivity index (χ3v) is 2.03. The van der Waals surface area contributed by atoms with Crippen molar-refractivity contribution in [3.8, 4) is 0 Å². The van der Waals surface area contributed by atoms with E-state index < -0.39 is 10.1 Å². The van der Waals surface area contributed by atoms with Gasteiger partial charge in [0, 0.05) is 6.54 Å². The number of nitrogens with one attached hydrogen (secondary N) is 1. The maximum absolute atomic E-state index is 10.6. The van der Waals surface area contributed by atoms with E-state index in [1.165, 1.54) is 0 Å². The first-order chi connectivity index (χ1) is 6.47. The van der Waals surface area contributed by atoms with E-state index in [4.69, 9.17) is 0 Å². The van der Waals surface area contributed by atoms with Crippen LogP contribution in [-0.2, 0) is 20.9 Å². The van der Waals surface area contributed by atoms with Crippen LogP contribution in [-0.4, -0.2) is 14.7 Å². The molecule has 0 heterocycles. The average molecular weight is 215 g/mol.